The van der Waals surface area contributed by atoms with Gasteiger partial charge >= 0.3 is 0 Å². The summed E-state index contributed by atoms with van der Waals surface area (Å²) in [7, 11) is 0. The number of hydrogen-bond donors (Lipinski definition) is 0. The van der Waals surface area contributed by atoms with E-state index in [9.17, 15) is 0 Å². The molecule has 0 aliphatic rings. The average Bonchev–Trinajstić information content (AvgIpc) is 2.28. The van der Waals surface area contributed by atoms with Crippen LogP contribution >= 0.6 is 34.2 Å². The topological polar surface area (TPSA) is 22.1 Å². The molecule has 4 heteroatoms. The Morgan fingerprint density at radius 1 is 1.19 bits per heavy atom. The molecule has 0 aliphatic heterocycles. The lowest BCUT2D eigenvalue weighted by atomic mass is 10.3. The highest BCUT2D eigenvalue weighted by Gasteiger charge is 1.97. The van der Waals surface area contributed by atoms with Gasteiger partial charge in [0, 0.05) is 9.77 Å². The lowest BCUT2D eigenvalue weighted by Crippen LogP contribution is -1.95. The summed E-state index contributed by atoms with van der Waals surface area (Å²) < 4.78 is 6.80. The first-order valence-electron chi connectivity index (χ1n) is 4.73. The zero-order valence-electron chi connectivity index (χ0n) is 8.36. The molecule has 0 saturated carbocycles. The highest BCUT2D eigenvalue weighted by molar-refractivity contribution is 14.1. The van der Waals surface area contributed by atoms with E-state index >= 15 is 0 Å². The molecule has 2 rings (SSSR count). The number of pyridine rings is 1. The molecule has 16 heavy (non-hydrogen) atoms. The van der Waals surface area contributed by atoms with Crippen molar-refractivity contribution < 1.29 is 4.74 Å². The van der Waals surface area contributed by atoms with E-state index < -0.39 is 0 Å². The number of benzene rings is 1. The van der Waals surface area contributed by atoms with Crippen molar-refractivity contribution in [3.05, 3.63) is 56.9 Å². The van der Waals surface area contributed by atoms with Crippen molar-refractivity contribution in [1.29, 1.82) is 0 Å². The largest absolute Gasteiger partial charge is 0.489 e. The van der Waals surface area contributed by atoms with Crippen LogP contribution in [0.4, 0.5) is 0 Å². The lowest BCUT2D eigenvalue weighted by Gasteiger charge is -2.06. The minimum absolute atomic E-state index is 0.490. The van der Waals surface area contributed by atoms with Gasteiger partial charge in [-0.15, -0.1) is 0 Å². The van der Waals surface area contributed by atoms with E-state index in [1.54, 1.807) is 12.3 Å². The van der Waals surface area contributed by atoms with Gasteiger partial charge in [0.05, 0.1) is 0 Å². The molecule has 0 bridgehead atoms. The smallest absolute Gasteiger partial charge is 0.129 e. The molecule has 1 aromatic heterocycles. The molecule has 0 unspecified atom stereocenters. The molecule has 0 fully saturated rings. The maximum atomic E-state index is 5.78. The average molecular weight is 346 g/mol. The molecular formula is C12H9ClINO. The van der Waals surface area contributed by atoms with Crippen LogP contribution in [0.15, 0.2) is 42.6 Å². The fourth-order valence-electron chi connectivity index (χ4n) is 1.23. The quantitative estimate of drug-likeness (QED) is 0.621. The standard InChI is InChI=1S/C12H9ClINO/c13-12-7-9(5-6-15-12)8-16-11-3-1-10(14)2-4-11/h1-7H,8H2. The van der Waals surface area contributed by atoms with Gasteiger partial charge in [-0.2, -0.15) is 0 Å². The Labute approximate surface area is 113 Å². The second-order valence-corrected chi connectivity index (χ2v) is 4.86. The van der Waals surface area contributed by atoms with Crippen molar-refractivity contribution >= 4 is 34.2 Å². The van der Waals surface area contributed by atoms with Crippen molar-refractivity contribution in [3.63, 3.8) is 0 Å². The molecule has 0 N–H and O–H groups in total. The predicted octanol–water partition coefficient (Wildman–Crippen LogP) is 3.92. The third kappa shape index (κ3) is 3.35. The molecule has 82 valence electrons. The Hall–Kier alpha value is -0.810. The fourth-order valence-corrected chi connectivity index (χ4v) is 1.79. The van der Waals surface area contributed by atoms with E-state index in [1.165, 1.54) is 3.57 Å². The first kappa shape index (κ1) is 11.7. The summed E-state index contributed by atoms with van der Waals surface area (Å²) in [5.74, 6) is 0.855. The van der Waals surface area contributed by atoms with Gasteiger partial charge < -0.3 is 4.74 Å². The van der Waals surface area contributed by atoms with Crippen molar-refractivity contribution in [2.24, 2.45) is 0 Å². The normalized spacial score (nSPS) is 10.1. The molecule has 0 atom stereocenters. The van der Waals surface area contributed by atoms with Crippen LogP contribution in [0.5, 0.6) is 5.75 Å². The third-order valence-electron chi connectivity index (χ3n) is 2.01. The maximum Gasteiger partial charge on any atom is 0.129 e. The van der Waals surface area contributed by atoms with Crippen molar-refractivity contribution in [1.82, 2.24) is 4.98 Å². The minimum atomic E-state index is 0.490. The van der Waals surface area contributed by atoms with E-state index in [0.29, 0.717) is 11.8 Å². The van der Waals surface area contributed by atoms with Crippen LogP contribution in [0, 0.1) is 3.57 Å². The van der Waals surface area contributed by atoms with Crippen LogP contribution in [0.1, 0.15) is 5.56 Å². The first-order valence-corrected chi connectivity index (χ1v) is 6.18. The number of rotatable bonds is 3. The number of nitrogens with zero attached hydrogens (tertiary/aromatic N) is 1. The van der Waals surface area contributed by atoms with E-state index in [2.05, 4.69) is 27.6 Å². The van der Waals surface area contributed by atoms with Gasteiger partial charge in [-0.05, 0) is 64.6 Å². The SMILES string of the molecule is Clc1cc(COc2ccc(I)cc2)ccn1. The second kappa shape index (κ2) is 5.50. The summed E-state index contributed by atoms with van der Waals surface area (Å²) in [6.45, 7) is 0.503. The van der Waals surface area contributed by atoms with E-state index in [-0.39, 0.29) is 0 Å². The minimum Gasteiger partial charge on any atom is -0.489 e. The summed E-state index contributed by atoms with van der Waals surface area (Å²) in [5, 5.41) is 0.490. The predicted molar refractivity (Wildman–Crippen MR) is 72.7 cm³/mol. The highest BCUT2D eigenvalue weighted by atomic mass is 127. The molecule has 1 heterocycles. The Kier molecular flexibility index (Phi) is 4.01. The fraction of sp³-hybridized carbons (Fsp3) is 0.0833. The van der Waals surface area contributed by atoms with Crippen LogP contribution in [0.2, 0.25) is 5.15 Å². The monoisotopic (exact) mass is 345 g/mol. The van der Waals surface area contributed by atoms with Crippen LogP contribution in [0.3, 0.4) is 0 Å². The molecule has 2 aromatic rings. The van der Waals surface area contributed by atoms with Gasteiger partial charge in [0.2, 0.25) is 0 Å². The molecular weight excluding hydrogens is 336 g/mol. The zero-order chi connectivity index (χ0) is 11.4. The second-order valence-electron chi connectivity index (χ2n) is 3.23. The maximum absolute atomic E-state index is 5.78. The van der Waals surface area contributed by atoms with Crippen molar-refractivity contribution in [2.75, 3.05) is 0 Å². The van der Waals surface area contributed by atoms with E-state index in [4.69, 9.17) is 16.3 Å². The summed E-state index contributed by atoms with van der Waals surface area (Å²) in [5.41, 5.74) is 1.01. The summed E-state index contributed by atoms with van der Waals surface area (Å²) in [6.07, 6.45) is 1.68. The van der Waals surface area contributed by atoms with Gasteiger partial charge in [-0.25, -0.2) is 4.98 Å². The first-order chi connectivity index (χ1) is 7.74. The Morgan fingerprint density at radius 3 is 2.62 bits per heavy atom. The Balaban J connectivity index is 1.99. The lowest BCUT2D eigenvalue weighted by molar-refractivity contribution is 0.306. The van der Waals surface area contributed by atoms with Crippen LogP contribution in [0.25, 0.3) is 0 Å². The molecule has 2 nitrogen and oxygen atoms in total. The molecule has 0 spiro atoms. The molecule has 0 saturated heterocycles. The summed E-state index contributed by atoms with van der Waals surface area (Å²) in [6, 6.07) is 11.6. The molecule has 0 aliphatic carbocycles. The molecule has 0 radical (unpaired) electrons. The van der Waals surface area contributed by atoms with Crippen LogP contribution in [-0.4, -0.2) is 4.98 Å². The Bertz CT molecular complexity index is 473. The summed E-state index contributed by atoms with van der Waals surface area (Å²) >= 11 is 8.04. The Morgan fingerprint density at radius 2 is 1.94 bits per heavy atom. The number of aromatic nitrogens is 1. The van der Waals surface area contributed by atoms with Crippen LogP contribution in [-0.2, 0) is 6.61 Å². The van der Waals surface area contributed by atoms with E-state index in [1.807, 2.05) is 30.3 Å². The number of ether oxygens (including phenoxy) is 1. The molecule has 0 amide bonds. The number of halogens is 2. The molecule has 1 aromatic carbocycles. The van der Waals surface area contributed by atoms with E-state index in [0.717, 1.165) is 11.3 Å². The van der Waals surface area contributed by atoms with Crippen LogP contribution < -0.4 is 4.74 Å². The highest BCUT2D eigenvalue weighted by Crippen LogP contribution is 2.15. The van der Waals surface area contributed by atoms with Gasteiger partial charge in [0.15, 0.2) is 0 Å². The summed E-state index contributed by atoms with van der Waals surface area (Å²) in [4.78, 5) is 3.92. The van der Waals surface area contributed by atoms with Gasteiger partial charge in [0.1, 0.15) is 17.5 Å². The van der Waals surface area contributed by atoms with Gasteiger partial charge in [-0.1, -0.05) is 11.6 Å². The zero-order valence-corrected chi connectivity index (χ0v) is 11.3. The van der Waals surface area contributed by atoms with Crippen molar-refractivity contribution in [2.45, 2.75) is 6.61 Å². The number of hydrogen-bond acceptors (Lipinski definition) is 2. The van der Waals surface area contributed by atoms with Gasteiger partial charge in [-0.3, -0.25) is 0 Å². The van der Waals surface area contributed by atoms with Crippen molar-refractivity contribution in [3.8, 4) is 5.75 Å². The van der Waals surface area contributed by atoms with Gasteiger partial charge in [0.25, 0.3) is 0 Å². The third-order valence-corrected chi connectivity index (χ3v) is 2.94.